The molecule has 5 aliphatic carbocycles. The molecule has 1 heterocycles. The minimum Gasteiger partial charge on any atom is -0.310 e. The summed E-state index contributed by atoms with van der Waals surface area (Å²) in [6.07, 6.45) is 7.13. The number of benzene rings is 6. The van der Waals surface area contributed by atoms with Gasteiger partial charge < -0.3 is 4.90 Å². The summed E-state index contributed by atoms with van der Waals surface area (Å²) in [5.41, 5.74) is 12.5. The zero-order valence-electron chi connectivity index (χ0n) is 27.0. The Balaban J connectivity index is 1.14. The molecule has 7 aromatic rings. The molecule has 1 aromatic heterocycles. The predicted octanol–water partition coefficient (Wildman–Crippen LogP) is 12.9. The van der Waals surface area contributed by atoms with Crippen molar-refractivity contribution < 1.29 is 0 Å². The molecule has 232 valence electrons. The highest BCUT2D eigenvalue weighted by Gasteiger charge is 2.61. The maximum Gasteiger partial charge on any atom is 0.0540 e. The van der Waals surface area contributed by atoms with E-state index in [-0.39, 0.29) is 5.41 Å². The maximum absolute atomic E-state index is 2.56. The normalized spacial score (nSPS) is 24.8. The number of hydrogen-bond donors (Lipinski definition) is 0. The average Bonchev–Trinajstić information content (AvgIpc) is 3.64. The molecule has 0 atom stereocenters. The van der Waals surface area contributed by atoms with Gasteiger partial charge in [-0.1, -0.05) is 103 Å². The number of para-hydroxylation sites is 1. The van der Waals surface area contributed by atoms with E-state index in [2.05, 4.69) is 144 Å². The second kappa shape index (κ2) is 10.2. The van der Waals surface area contributed by atoms with E-state index in [4.69, 9.17) is 0 Å². The van der Waals surface area contributed by atoms with Crippen molar-refractivity contribution in [1.29, 1.82) is 0 Å². The lowest BCUT2D eigenvalue weighted by molar-refractivity contribution is -0.0399. The first kappa shape index (κ1) is 27.3. The molecule has 48 heavy (non-hydrogen) atoms. The van der Waals surface area contributed by atoms with Gasteiger partial charge in [0.25, 0.3) is 0 Å². The minimum absolute atomic E-state index is 0.181. The SMILES string of the molecule is c1ccc(-c2ccccc2N(c2ccc3c(c2)-c2ccccc2[C@]32C3CC4CC(C3)C[C@@H]2C4)c2ccc3c(c2)sc2ccccc23)cc1. The molecule has 0 unspecified atom stereocenters. The Labute approximate surface area is 286 Å². The van der Waals surface area contributed by atoms with Crippen LogP contribution in [-0.2, 0) is 5.41 Å². The zero-order chi connectivity index (χ0) is 31.4. The Hall–Kier alpha value is -4.66. The van der Waals surface area contributed by atoms with Gasteiger partial charge >= 0.3 is 0 Å². The van der Waals surface area contributed by atoms with Crippen LogP contribution in [0.2, 0.25) is 0 Å². The first-order valence-electron chi connectivity index (χ1n) is 17.9. The molecule has 12 rings (SSSR count). The van der Waals surface area contributed by atoms with Crippen molar-refractivity contribution in [3.63, 3.8) is 0 Å². The van der Waals surface area contributed by atoms with Gasteiger partial charge in [-0.3, -0.25) is 0 Å². The summed E-state index contributed by atoms with van der Waals surface area (Å²) in [4.78, 5) is 2.52. The Kier molecular flexibility index (Phi) is 5.79. The van der Waals surface area contributed by atoms with E-state index in [9.17, 15) is 0 Å². The quantitative estimate of drug-likeness (QED) is 0.186. The van der Waals surface area contributed by atoms with Crippen LogP contribution >= 0.6 is 11.3 Å². The molecule has 4 saturated carbocycles. The van der Waals surface area contributed by atoms with Crippen molar-refractivity contribution in [3.8, 4) is 22.3 Å². The molecular formula is C46H37NS. The molecule has 6 aromatic carbocycles. The molecule has 0 amide bonds. The van der Waals surface area contributed by atoms with E-state index in [0.717, 1.165) is 23.7 Å². The van der Waals surface area contributed by atoms with Crippen molar-refractivity contribution in [2.45, 2.75) is 37.5 Å². The van der Waals surface area contributed by atoms with Crippen molar-refractivity contribution >= 4 is 48.6 Å². The molecule has 1 spiro atoms. The van der Waals surface area contributed by atoms with Gasteiger partial charge in [-0.25, -0.2) is 0 Å². The Morgan fingerprint density at radius 1 is 0.479 bits per heavy atom. The fourth-order valence-electron chi connectivity index (χ4n) is 11.1. The van der Waals surface area contributed by atoms with Crippen LogP contribution in [-0.4, -0.2) is 0 Å². The van der Waals surface area contributed by atoms with Crippen LogP contribution in [0.4, 0.5) is 17.1 Å². The van der Waals surface area contributed by atoms with E-state index in [1.807, 2.05) is 11.3 Å². The average molecular weight is 636 g/mol. The van der Waals surface area contributed by atoms with Crippen LogP contribution in [0.25, 0.3) is 42.4 Å². The Morgan fingerprint density at radius 3 is 1.94 bits per heavy atom. The van der Waals surface area contributed by atoms with E-state index in [1.165, 1.54) is 91.6 Å². The number of fused-ring (bicyclic) bond motifs is 6. The smallest absolute Gasteiger partial charge is 0.0540 e. The standard InChI is InChI=1S/C46H37NS/c1-2-10-31(11-3-1)36-12-5-8-16-43(36)47(35-18-20-39-38-14-6-9-17-44(38)48-45(39)28-35)34-19-21-42-40(27-34)37-13-4-7-15-41(37)46(42)32-23-29-22-30(25-32)26-33(46)24-29/h1-21,27-30,32-33H,22-26H2/t29?,30?,32-,33?,46-/m0/s1. The summed E-state index contributed by atoms with van der Waals surface area (Å²) in [6.45, 7) is 0. The van der Waals surface area contributed by atoms with Gasteiger partial charge in [0.05, 0.1) is 5.69 Å². The predicted molar refractivity (Wildman–Crippen MR) is 203 cm³/mol. The van der Waals surface area contributed by atoms with Crippen molar-refractivity contribution in [3.05, 3.63) is 151 Å². The zero-order valence-corrected chi connectivity index (χ0v) is 27.8. The summed E-state index contributed by atoms with van der Waals surface area (Å²) in [6, 6.07) is 52.8. The van der Waals surface area contributed by atoms with Crippen LogP contribution in [0.3, 0.4) is 0 Å². The van der Waals surface area contributed by atoms with E-state index >= 15 is 0 Å². The van der Waals surface area contributed by atoms with Gasteiger partial charge in [0.2, 0.25) is 0 Å². The largest absolute Gasteiger partial charge is 0.310 e. The van der Waals surface area contributed by atoms with Crippen LogP contribution in [0, 0.1) is 23.7 Å². The molecule has 4 fully saturated rings. The Bertz CT molecular complexity index is 2350. The summed E-state index contributed by atoms with van der Waals surface area (Å²) < 4.78 is 2.67. The monoisotopic (exact) mass is 635 g/mol. The highest BCUT2D eigenvalue weighted by atomic mass is 32.1. The maximum atomic E-state index is 2.56. The summed E-state index contributed by atoms with van der Waals surface area (Å²) in [5, 5.41) is 2.68. The fourth-order valence-corrected chi connectivity index (χ4v) is 12.2. The van der Waals surface area contributed by atoms with Crippen molar-refractivity contribution in [2.75, 3.05) is 4.90 Å². The second-order valence-electron chi connectivity index (χ2n) is 14.9. The molecule has 5 aliphatic rings. The van der Waals surface area contributed by atoms with Gasteiger partial charge in [0, 0.05) is 42.5 Å². The molecule has 0 radical (unpaired) electrons. The number of hydrogen-bond acceptors (Lipinski definition) is 2. The van der Waals surface area contributed by atoms with Crippen molar-refractivity contribution in [1.82, 2.24) is 0 Å². The van der Waals surface area contributed by atoms with Crippen LogP contribution < -0.4 is 4.90 Å². The number of thiophene rings is 1. The van der Waals surface area contributed by atoms with Gasteiger partial charge in [-0.05, 0) is 120 Å². The lowest BCUT2D eigenvalue weighted by Gasteiger charge is -2.61. The minimum atomic E-state index is 0.181. The third-order valence-electron chi connectivity index (χ3n) is 12.6. The lowest BCUT2D eigenvalue weighted by Crippen LogP contribution is -2.55. The number of nitrogens with zero attached hydrogens (tertiary/aromatic N) is 1. The van der Waals surface area contributed by atoms with Gasteiger partial charge in [0.1, 0.15) is 0 Å². The molecule has 1 nitrogen and oxygen atoms in total. The molecular weight excluding hydrogens is 599 g/mol. The third kappa shape index (κ3) is 3.73. The first-order valence-corrected chi connectivity index (χ1v) is 18.7. The first-order chi connectivity index (χ1) is 23.8. The summed E-state index contributed by atoms with van der Waals surface area (Å²) in [7, 11) is 0. The summed E-state index contributed by atoms with van der Waals surface area (Å²) in [5.74, 6) is 3.43. The highest BCUT2D eigenvalue weighted by Crippen LogP contribution is 2.69. The topological polar surface area (TPSA) is 3.24 Å². The van der Waals surface area contributed by atoms with Gasteiger partial charge in [0.15, 0.2) is 0 Å². The van der Waals surface area contributed by atoms with Crippen LogP contribution in [0.5, 0.6) is 0 Å². The van der Waals surface area contributed by atoms with Gasteiger partial charge in [-0.2, -0.15) is 0 Å². The van der Waals surface area contributed by atoms with Crippen LogP contribution in [0.1, 0.15) is 43.2 Å². The molecule has 0 aliphatic heterocycles. The van der Waals surface area contributed by atoms with Gasteiger partial charge in [-0.15, -0.1) is 11.3 Å². The third-order valence-corrected chi connectivity index (χ3v) is 13.8. The van der Waals surface area contributed by atoms with E-state index < -0.39 is 0 Å². The van der Waals surface area contributed by atoms with Crippen LogP contribution in [0.15, 0.2) is 140 Å². The number of rotatable bonds is 4. The van der Waals surface area contributed by atoms with E-state index in [0.29, 0.717) is 0 Å². The molecule has 2 heteroatoms. The van der Waals surface area contributed by atoms with Crippen molar-refractivity contribution in [2.24, 2.45) is 23.7 Å². The summed E-state index contributed by atoms with van der Waals surface area (Å²) >= 11 is 1.90. The van der Waals surface area contributed by atoms with E-state index in [1.54, 1.807) is 11.1 Å². The fraction of sp³-hybridized carbons (Fsp3) is 0.217. The lowest BCUT2D eigenvalue weighted by atomic mass is 9.43. The highest BCUT2D eigenvalue weighted by molar-refractivity contribution is 7.25. The molecule has 0 N–H and O–H groups in total. The molecule has 4 bridgehead atoms. The molecule has 0 saturated heterocycles. The second-order valence-corrected chi connectivity index (χ2v) is 16.0. The Morgan fingerprint density at radius 2 is 1.10 bits per heavy atom. The number of anilines is 3.